The molecular formula is C25H24N4OS. The molecule has 1 amide bonds. The number of carbonyl (C=O) groups excluding carboxylic acids is 1. The average molecular weight is 429 g/mol. The summed E-state index contributed by atoms with van der Waals surface area (Å²) in [6.07, 6.45) is 0. The first kappa shape index (κ1) is 20.9. The standard InChI is InChI=1S/C25H24N4OS/c1-17-12-14-21(15-13-17)29-24(20-10-5-4-6-11-20)27-28-25(29)31-16-22(30)26-23-18(2)8-7-9-19(23)3/h4-15H,16H2,1-3H3,(H,26,30). The average Bonchev–Trinajstić information content (AvgIpc) is 3.20. The molecule has 1 N–H and O–H groups in total. The van der Waals surface area contributed by atoms with Crippen LogP contribution in [0.4, 0.5) is 5.69 Å². The Morgan fingerprint density at radius 3 is 2.23 bits per heavy atom. The van der Waals surface area contributed by atoms with Gasteiger partial charge in [-0.15, -0.1) is 10.2 Å². The van der Waals surface area contributed by atoms with Crippen molar-refractivity contribution in [2.45, 2.75) is 25.9 Å². The number of carbonyl (C=O) groups is 1. The monoisotopic (exact) mass is 428 g/mol. The van der Waals surface area contributed by atoms with Gasteiger partial charge in [0, 0.05) is 16.9 Å². The summed E-state index contributed by atoms with van der Waals surface area (Å²) in [5.74, 6) is 0.927. The second-order valence-corrected chi connectivity index (χ2v) is 8.39. The molecule has 31 heavy (non-hydrogen) atoms. The summed E-state index contributed by atoms with van der Waals surface area (Å²) in [4.78, 5) is 12.7. The third-order valence-corrected chi connectivity index (χ3v) is 5.96. The van der Waals surface area contributed by atoms with E-state index in [2.05, 4.69) is 34.6 Å². The maximum atomic E-state index is 12.7. The van der Waals surface area contributed by atoms with Crippen molar-refractivity contribution in [3.8, 4) is 17.1 Å². The van der Waals surface area contributed by atoms with E-state index in [9.17, 15) is 4.79 Å². The number of benzene rings is 3. The molecule has 0 radical (unpaired) electrons. The Morgan fingerprint density at radius 2 is 1.55 bits per heavy atom. The van der Waals surface area contributed by atoms with Crippen LogP contribution >= 0.6 is 11.8 Å². The molecule has 0 atom stereocenters. The number of hydrogen-bond donors (Lipinski definition) is 1. The fourth-order valence-corrected chi connectivity index (χ4v) is 4.13. The molecule has 4 rings (SSSR count). The maximum Gasteiger partial charge on any atom is 0.234 e. The van der Waals surface area contributed by atoms with Crippen LogP contribution in [0.5, 0.6) is 0 Å². The SMILES string of the molecule is Cc1ccc(-n2c(SCC(=O)Nc3c(C)cccc3C)nnc2-c2ccccc2)cc1. The number of thioether (sulfide) groups is 1. The predicted octanol–water partition coefficient (Wildman–Crippen LogP) is 5.59. The minimum atomic E-state index is -0.0675. The van der Waals surface area contributed by atoms with E-state index >= 15 is 0 Å². The molecule has 0 saturated carbocycles. The fourth-order valence-electron chi connectivity index (χ4n) is 3.38. The quantitative estimate of drug-likeness (QED) is 0.407. The highest BCUT2D eigenvalue weighted by molar-refractivity contribution is 7.99. The molecule has 0 unspecified atom stereocenters. The van der Waals surface area contributed by atoms with Gasteiger partial charge >= 0.3 is 0 Å². The number of hydrogen-bond acceptors (Lipinski definition) is 4. The molecule has 0 spiro atoms. The van der Waals surface area contributed by atoms with Crippen molar-refractivity contribution in [1.82, 2.24) is 14.8 Å². The Kier molecular flexibility index (Phi) is 6.18. The van der Waals surface area contributed by atoms with Crippen molar-refractivity contribution in [2.75, 3.05) is 11.1 Å². The van der Waals surface area contributed by atoms with Crippen LogP contribution in [0.25, 0.3) is 17.1 Å². The third kappa shape index (κ3) is 4.70. The van der Waals surface area contributed by atoms with Gasteiger partial charge in [-0.05, 0) is 44.0 Å². The summed E-state index contributed by atoms with van der Waals surface area (Å²) in [5.41, 5.74) is 6.09. The van der Waals surface area contributed by atoms with Gasteiger partial charge in [-0.1, -0.05) is 78.0 Å². The second kappa shape index (κ2) is 9.18. The lowest BCUT2D eigenvalue weighted by molar-refractivity contribution is -0.113. The van der Waals surface area contributed by atoms with E-state index in [1.54, 1.807) is 0 Å². The Balaban J connectivity index is 1.60. The van der Waals surface area contributed by atoms with E-state index in [1.807, 2.05) is 79.1 Å². The Hall–Kier alpha value is -3.38. The molecule has 1 aromatic heterocycles. The van der Waals surface area contributed by atoms with Crippen LogP contribution < -0.4 is 5.32 Å². The van der Waals surface area contributed by atoms with Gasteiger partial charge in [0.15, 0.2) is 11.0 Å². The van der Waals surface area contributed by atoms with E-state index in [1.165, 1.54) is 17.3 Å². The number of para-hydroxylation sites is 1. The van der Waals surface area contributed by atoms with Gasteiger partial charge in [-0.25, -0.2) is 0 Å². The van der Waals surface area contributed by atoms with Gasteiger partial charge in [0.1, 0.15) is 0 Å². The Labute approximate surface area is 186 Å². The summed E-state index contributed by atoms with van der Waals surface area (Å²) < 4.78 is 2.01. The molecule has 0 aliphatic heterocycles. The summed E-state index contributed by atoms with van der Waals surface area (Å²) in [6, 6.07) is 24.2. The minimum Gasteiger partial charge on any atom is -0.325 e. The van der Waals surface area contributed by atoms with E-state index in [-0.39, 0.29) is 11.7 Å². The van der Waals surface area contributed by atoms with E-state index in [0.717, 1.165) is 33.9 Å². The van der Waals surface area contributed by atoms with Crippen LogP contribution in [-0.4, -0.2) is 26.4 Å². The van der Waals surface area contributed by atoms with Crippen molar-refractivity contribution >= 4 is 23.4 Å². The molecule has 6 heteroatoms. The number of anilines is 1. The van der Waals surface area contributed by atoms with E-state index < -0.39 is 0 Å². The molecular weight excluding hydrogens is 404 g/mol. The van der Waals surface area contributed by atoms with Gasteiger partial charge in [-0.3, -0.25) is 9.36 Å². The number of nitrogens with zero attached hydrogens (tertiary/aromatic N) is 3. The molecule has 156 valence electrons. The van der Waals surface area contributed by atoms with Crippen LogP contribution in [0.3, 0.4) is 0 Å². The van der Waals surface area contributed by atoms with E-state index in [4.69, 9.17) is 0 Å². The van der Waals surface area contributed by atoms with Gasteiger partial charge in [0.05, 0.1) is 5.75 Å². The van der Waals surface area contributed by atoms with Crippen LogP contribution in [0.2, 0.25) is 0 Å². The van der Waals surface area contributed by atoms with E-state index in [0.29, 0.717) is 5.16 Å². The van der Waals surface area contributed by atoms with Gasteiger partial charge in [-0.2, -0.15) is 0 Å². The lowest BCUT2D eigenvalue weighted by atomic mass is 10.1. The van der Waals surface area contributed by atoms with Crippen molar-refractivity contribution in [3.05, 3.63) is 89.5 Å². The van der Waals surface area contributed by atoms with Crippen molar-refractivity contribution in [1.29, 1.82) is 0 Å². The molecule has 0 saturated heterocycles. The highest BCUT2D eigenvalue weighted by Gasteiger charge is 2.17. The minimum absolute atomic E-state index is 0.0675. The van der Waals surface area contributed by atoms with Crippen molar-refractivity contribution in [3.63, 3.8) is 0 Å². The molecule has 3 aromatic carbocycles. The number of nitrogens with one attached hydrogen (secondary N) is 1. The van der Waals surface area contributed by atoms with Crippen molar-refractivity contribution < 1.29 is 4.79 Å². The van der Waals surface area contributed by atoms with Crippen LogP contribution in [0, 0.1) is 20.8 Å². The number of rotatable bonds is 6. The smallest absolute Gasteiger partial charge is 0.234 e. The topological polar surface area (TPSA) is 59.8 Å². The summed E-state index contributed by atoms with van der Waals surface area (Å²) in [5, 5.41) is 12.6. The highest BCUT2D eigenvalue weighted by Crippen LogP contribution is 2.28. The zero-order valence-electron chi connectivity index (χ0n) is 17.8. The molecule has 5 nitrogen and oxygen atoms in total. The maximum absolute atomic E-state index is 12.7. The number of amides is 1. The first-order chi connectivity index (χ1) is 15.0. The Morgan fingerprint density at radius 1 is 0.871 bits per heavy atom. The van der Waals surface area contributed by atoms with Crippen LogP contribution in [-0.2, 0) is 4.79 Å². The molecule has 4 aromatic rings. The fraction of sp³-hybridized carbons (Fsp3) is 0.160. The second-order valence-electron chi connectivity index (χ2n) is 7.45. The summed E-state index contributed by atoms with van der Waals surface area (Å²) in [7, 11) is 0. The zero-order chi connectivity index (χ0) is 21.8. The first-order valence-electron chi connectivity index (χ1n) is 10.1. The molecule has 0 aliphatic rings. The van der Waals surface area contributed by atoms with Gasteiger partial charge in [0.2, 0.25) is 5.91 Å². The zero-order valence-corrected chi connectivity index (χ0v) is 18.6. The number of aryl methyl sites for hydroxylation is 3. The predicted molar refractivity (Wildman–Crippen MR) is 127 cm³/mol. The normalized spacial score (nSPS) is 10.8. The van der Waals surface area contributed by atoms with Gasteiger partial charge in [0.25, 0.3) is 0 Å². The third-order valence-electron chi connectivity index (χ3n) is 5.04. The van der Waals surface area contributed by atoms with Crippen LogP contribution in [0.15, 0.2) is 78.0 Å². The molecule has 1 heterocycles. The van der Waals surface area contributed by atoms with Crippen molar-refractivity contribution in [2.24, 2.45) is 0 Å². The first-order valence-corrected chi connectivity index (χ1v) is 11.1. The molecule has 0 bridgehead atoms. The van der Waals surface area contributed by atoms with Gasteiger partial charge < -0.3 is 5.32 Å². The Bertz CT molecular complexity index is 1180. The lowest BCUT2D eigenvalue weighted by Crippen LogP contribution is -2.16. The molecule has 0 fully saturated rings. The van der Waals surface area contributed by atoms with Crippen LogP contribution in [0.1, 0.15) is 16.7 Å². The largest absolute Gasteiger partial charge is 0.325 e. The molecule has 0 aliphatic carbocycles. The summed E-state index contributed by atoms with van der Waals surface area (Å²) >= 11 is 1.38. The lowest BCUT2D eigenvalue weighted by Gasteiger charge is -2.12. The number of aromatic nitrogens is 3. The highest BCUT2D eigenvalue weighted by atomic mass is 32.2. The summed E-state index contributed by atoms with van der Waals surface area (Å²) in [6.45, 7) is 6.05.